The number of rotatable bonds is 6. The van der Waals surface area contributed by atoms with Crippen molar-refractivity contribution in [2.24, 2.45) is 5.92 Å². The molecule has 1 fully saturated rings. The fraction of sp³-hybridized carbons (Fsp3) is 0.786. The molecule has 0 spiro atoms. The van der Waals surface area contributed by atoms with E-state index in [4.69, 9.17) is 0 Å². The highest BCUT2D eigenvalue weighted by Crippen LogP contribution is 2.22. The molecule has 0 heterocycles. The summed E-state index contributed by atoms with van der Waals surface area (Å²) in [6.07, 6.45) is 9.24. The second kappa shape index (κ2) is 7.68. The van der Waals surface area contributed by atoms with Crippen molar-refractivity contribution in [3.05, 3.63) is 12.2 Å². The highest BCUT2D eigenvalue weighted by atomic mass is 32.2. The first-order chi connectivity index (χ1) is 8.97. The summed E-state index contributed by atoms with van der Waals surface area (Å²) in [5, 5.41) is 1.83. The molecule has 0 radical (unpaired) electrons. The van der Waals surface area contributed by atoms with Gasteiger partial charge in [-0.1, -0.05) is 31.4 Å². The lowest BCUT2D eigenvalue weighted by atomic mass is 9.89. The molecule has 4 nitrogen and oxygen atoms in total. The van der Waals surface area contributed by atoms with Gasteiger partial charge >= 0.3 is 0 Å². The Kier molecular flexibility index (Phi) is 6.55. The molecule has 1 unspecified atom stereocenters. The molecule has 1 aliphatic rings. The summed E-state index contributed by atoms with van der Waals surface area (Å²) in [7, 11) is -3.37. The third-order valence-corrected chi connectivity index (χ3v) is 5.71. The molecule has 0 aromatic carbocycles. The Morgan fingerprint density at radius 3 is 2.53 bits per heavy atom. The van der Waals surface area contributed by atoms with E-state index in [1.54, 1.807) is 19.1 Å². The smallest absolute Gasteiger partial charge is 0.238 e. The fourth-order valence-electron chi connectivity index (χ4n) is 2.32. The van der Waals surface area contributed by atoms with E-state index in [9.17, 15) is 13.2 Å². The summed E-state index contributed by atoms with van der Waals surface area (Å²) < 4.78 is 23.7. The van der Waals surface area contributed by atoms with Gasteiger partial charge in [0.2, 0.25) is 5.91 Å². The van der Waals surface area contributed by atoms with Crippen molar-refractivity contribution in [1.29, 1.82) is 0 Å². The number of carbonyl (C=O) groups excluding carboxylic acids is 1. The fourth-order valence-corrected chi connectivity index (χ4v) is 3.48. The van der Waals surface area contributed by atoms with E-state index in [0.717, 1.165) is 12.8 Å². The minimum atomic E-state index is -3.37. The summed E-state index contributed by atoms with van der Waals surface area (Å²) in [6, 6.07) is 0. The van der Waals surface area contributed by atoms with E-state index in [0.29, 0.717) is 12.5 Å². The van der Waals surface area contributed by atoms with Gasteiger partial charge in [0.25, 0.3) is 0 Å². The minimum absolute atomic E-state index is 0.0679. The average molecular weight is 287 g/mol. The van der Waals surface area contributed by atoms with Crippen molar-refractivity contribution in [3.8, 4) is 0 Å². The van der Waals surface area contributed by atoms with Gasteiger partial charge in [-0.05, 0) is 32.6 Å². The lowest BCUT2D eigenvalue weighted by Gasteiger charge is -2.22. The normalized spacial score (nSPS) is 19.5. The summed E-state index contributed by atoms with van der Waals surface area (Å²) in [4.78, 5) is 11.9. The number of nitrogens with one attached hydrogen (secondary N) is 1. The van der Waals surface area contributed by atoms with Gasteiger partial charge in [0, 0.05) is 6.54 Å². The molecule has 1 atom stereocenters. The van der Waals surface area contributed by atoms with E-state index in [-0.39, 0.29) is 11.7 Å². The maximum Gasteiger partial charge on any atom is 0.238 e. The molecule has 0 aromatic heterocycles. The maximum absolute atomic E-state index is 11.9. The minimum Gasteiger partial charge on any atom is -0.355 e. The summed E-state index contributed by atoms with van der Waals surface area (Å²) in [6.45, 7) is 3.85. The van der Waals surface area contributed by atoms with Crippen LogP contribution in [0.2, 0.25) is 0 Å². The highest BCUT2D eigenvalue weighted by Gasteiger charge is 2.27. The van der Waals surface area contributed by atoms with Gasteiger partial charge in [-0.3, -0.25) is 4.79 Å². The van der Waals surface area contributed by atoms with Crippen LogP contribution in [0.15, 0.2) is 12.2 Å². The largest absolute Gasteiger partial charge is 0.355 e. The molecule has 0 aliphatic heterocycles. The number of amides is 1. The zero-order chi connectivity index (χ0) is 14.3. The summed E-state index contributed by atoms with van der Waals surface area (Å²) in [5.41, 5.74) is 0. The van der Waals surface area contributed by atoms with Gasteiger partial charge in [0.1, 0.15) is 5.25 Å². The van der Waals surface area contributed by atoms with Gasteiger partial charge in [-0.2, -0.15) is 0 Å². The molecular weight excluding hydrogens is 262 g/mol. The van der Waals surface area contributed by atoms with Crippen LogP contribution >= 0.6 is 0 Å². The SMILES string of the molecule is C/C=C/CS(=O)(=O)C(C)C(=O)NCC1CCCCC1. The first-order valence-electron chi connectivity index (χ1n) is 7.08. The lowest BCUT2D eigenvalue weighted by Crippen LogP contribution is -2.41. The molecule has 110 valence electrons. The van der Waals surface area contributed by atoms with Crippen LogP contribution in [0, 0.1) is 5.92 Å². The number of sulfone groups is 1. The van der Waals surface area contributed by atoms with E-state index in [1.165, 1.54) is 26.2 Å². The highest BCUT2D eigenvalue weighted by molar-refractivity contribution is 7.92. The third-order valence-electron chi connectivity index (χ3n) is 3.76. The molecule has 0 bridgehead atoms. The van der Waals surface area contributed by atoms with Crippen LogP contribution in [0.3, 0.4) is 0 Å². The molecule has 5 heteroatoms. The van der Waals surface area contributed by atoms with Crippen LogP contribution in [0.25, 0.3) is 0 Å². The molecule has 1 amide bonds. The Balaban J connectivity index is 2.43. The number of hydrogen-bond acceptors (Lipinski definition) is 3. The van der Waals surface area contributed by atoms with Crippen LogP contribution in [-0.2, 0) is 14.6 Å². The molecule has 1 aliphatic carbocycles. The second-order valence-electron chi connectivity index (χ2n) is 5.29. The second-order valence-corrected chi connectivity index (χ2v) is 7.66. The Labute approximate surface area is 116 Å². The van der Waals surface area contributed by atoms with Gasteiger partial charge in [-0.15, -0.1) is 0 Å². The molecular formula is C14H25NO3S. The predicted octanol–water partition coefficient (Wildman–Crippen LogP) is 2.06. The van der Waals surface area contributed by atoms with Gasteiger partial charge < -0.3 is 5.32 Å². The zero-order valence-electron chi connectivity index (χ0n) is 11.9. The monoisotopic (exact) mass is 287 g/mol. The first-order valence-corrected chi connectivity index (χ1v) is 8.79. The van der Waals surface area contributed by atoms with Gasteiger partial charge in [0.15, 0.2) is 9.84 Å². The van der Waals surface area contributed by atoms with Crippen LogP contribution in [0.5, 0.6) is 0 Å². The van der Waals surface area contributed by atoms with Crippen LogP contribution in [0.1, 0.15) is 46.0 Å². The quantitative estimate of drug-likeness (QED) is 0.761. The Morgan fingerprint density at radius 2 is 1.95 bits per heavy atom. The van der Waals surface area contributed by atoms with Crippen LogP contribution < -0.4 is 5.32 Å². The lowest BCUT2D eigenvalue weighted by molar-refractivity contribution is -0.120. The van der Waals surface area contributed by atoms with E-state index in [2.05, 4.69) is 5.32 Å². The molecule has 1 N–H and O–H groups in total. The van der Waals surface area contributed by atoms with Crippen molar-refractivity contribution in [1.82, 2.24) is 5.32 Å². The van der Waals surface area contributed by atoms with Crippen molar-refractivity contribution < 1.29 is 13.2 Å². The Bertz CT molecular complexity index is 408. The van der Waals surface area contributed by atoms with E-state index < -0.39 is 15.1 Å². The van der Waals surface area contributed by atoms with Crippen molar-refractivity contribution >= 4 is 15.7 Å². The first kappa shape index (κ1) is 16.2. The van der Waals surface area contributed by atoms with Crippen molar-refractivity contribution in [2.75, 3.05) is 12.3 Å². The summed E-state index contributed by atoms with van der Waals surface area (Å²) >= 11 is 0. The predicted molar refractivity (Wildman–Crippen MR) is 77.6 cm³/mol. The Morgan fingerprint density at radius 1 is 1.32 bits per heavy atom. The van der Waals surface area contributed by atoms with E-state index >= 15 is 0 Å². The average Bonchev–Trinajstić information content (AvgIpc) is 2.43. The zero-order valence-corrected chi connectivity index (χ0v) is 12.7. The molecule has 1 rings (SSSR count). The molecule has 0 aromatic rings. The Hall–Kier alpha value is -0.840. The number of hydrogen-bond donors (Lipinski definition) is 1. The molecule has 1 saturated carbocycles. The standard InChI is InChI=1S/C14H25NO3S/c1-3-4-10-19(17,18)12(2)14(16)15-11-13-8-6-5-7-9-13/h3-4,12-13H,5-11H2,1-2H3,(H,15,16)/b4-3+. The van der Waals surface area contributed by atoms with Gasteiger partial charge in [0.05, 0.1) is 5.75 Å². The number of carbonyl (C=O) groups is 1. The van der Waals surface area contributed by atoms with Crippen LogP contribution in [0.4, 0.5) is 0 Å². The maximum atomic E-state index is 11.9. The van der Waals surface area contributed by atoms with Gasteiger partial charge in [-0.25, -0.2) is 8.42 Å². The molecule has 0 saturated heterocycles. The van der Waals surface area contributed by atoms with Crippen molar-refractivity contribution in [2.45, 2.75) is 51.2 Å². The topological polar surface area (TPSA) is 63.2 Å². The third kappa shape index (κ3) is 5.35. The van der Waals surface area contributed by atoms with Crippen molar-refractivity contribution in [3.63, 3.8) is 0 Å². The molecule has 19 heavy (non-hydrogen) atoms. The van der Waals surface area contributed by atoms with Crippen LogP contribution in [-0.4, -0.2) is 31.9 Å². The van der Waals surface area contributed by atoms with E-state index in [1.807, 2.05) is 0 Å². The number of allylic oxidation sites excluding steroid dienone is 1. The summed E-state index contributed by atoms with van der Waals surface area (Å²) in [5.74, 6) is 0.0832.